The first-order valence-electron chi connectivity index (χ1n) is 10.9. The van der Waals surface area contributed by atoms with Crippen molar-refractivity contribution in [2.24, 2.45) is 11.8 Å². The number of nitrogens with zero attached hydrogens (tertiary/aromatic N) is 3. The molecule has 2 saturated heterocycles. The van der Waals surface area contributed by atoms with Crippen LogP contribution in [0.3, 0.4) is 0 Å². The van der Waals surface area contributed by atoms with Gasteiger partial charge in [-0.25, -0.2) is 0 Å². The standard InChI is InChI=1S/C25H31N3O3/c1-16-8-5-6-10-19(16)23-21-14-27(25(31)20-11-7-9-17(2)24(20)30)12-18(21)13-28(23)22(29)15-26(3)4/h5-11,18,21,23,30H,12-15H2,1-4H3/t18-,21-,23+/m1/s1. The third kappa shape index (κ3) is 3.92. The number of aromatic hydroxyl groups is 1. The molecule has 0 bridgehead atoms. The fraction of sp³-hybridized carbons (Fsp3) is 0.440. The minimum absolute atomic E-state index is 0.0393. The monoisotopic (exact) mass is 421 g/mol. The molecular formula is C25H31N3O3. The summed E-state index contributed by atoms with van der Waals surface area (Å²) in [6, 6.07) is 13.5. The molecule has 2 aliphatic heterocycles. The van der Waals surface area contributed by atoms with E-state index in [0.29, 0.717) is 37.3 Å². The van der Waals surface area contributed by atoms with Gasteiger partial charge < -0.3 is 19.8 Å². The molecule has 2 aliphatic rings. The third-order valence-corrected chi connectivity index (χ3v) is 6.70. The number of aryl methyl sites for hydroxylation is 2. The molecule has 0 radical (unpaired) electrons. The van der Waals surface area contributed by atoms with Gasteiger partial charge in [0.2, 0.25) is 5.91 Å². The van der Waals surface area contributed by atoms with E-state index in [-0.39, 0.29) is 35.4 Å². The zero-order valence-electron chi connectivity index (χ0n) is 18.7. The van der Waals surface area contributed by atoms with Crippen molar-refractivity contribution in [2.75, 3.05) is 40.3 Å². The Balaban J connectivity index is 1.62. The highest BCUT2D eigenvalue weighted by atomic mass is 16.3. The SMILES string of the molecule is Cc1ccccc1[C@H]1[C@@H]2CN(C(=O)c3cccc(C)c3O)C[C@@H]2CN1C(=O)CN(C)C. The molecule has 0 spiro atoms. The van der Waals surface area contributed by atoms with Gasteiger partial charge in [-0.1, -0.05) is 36.4 Å². The van der Waals surface area contributed by atoms with E-state index in [4.69, 9.17) is 0 Å². The number of amides is 2. The van der Waals surface area contributed by atoms with Crippen LogP contribution in [-0.2, 0) is 4.79 Å². The van der Waals surface area contributed by atoms with Crippen LogP contribution in [0.5, 0.6) is 5.75 Å². The van der Waals surface area contributed by atoms with Gasteiger partial charge in [-0.2, -0.15) is 0 Å². The number of likely N-dealkylation sites (tertiary alicyclic amines) is 2. The Labute approximate surface area is 184 Å². The number of carbonyl (C=O) groups is 2. The second-order valence-corrected chi connectivity index (χ2v) is 9.19. The van der Waals surface area contributed by atoms with Crippen LogP contribution in [0.25, 0.3) is 0 Å². The Morgan fingerprint density at radius 1 is 1.00 bits per heavy atom. The molecule has 2 fully saturated rings. The summed E-state index contributed by atoms with van der Waals surface area (Å²) < 4.78 is 0. The molecule has 3 atom stereocenters. The topological polar surface area (TPSA) is 64.1 Å². The van der Waals surface area contributed by atoms with Gasteiger partial charge in [-0.3, -0.25) is 9.59 Å². The number of benzene rings is 2. The Bertz CT molecular complexity index is 1000. The van der Waals surface area contributed by atoms with Crippen LogP contribution in [-0.4, -0.2) is 71.9 Å². The largest absolute Gasteiger partial charge is 0.507 e. The van der Waals surface area contributed by atoms with Crippen molar-refractivity contribution in [2.45, 2.75) is 19.9 Å². The molecule has 0 saturated carbocycles. The number of hydrogen-bond donors (Lipinski definition) is 1. The Kier molecular flexibility index (Phi) is 5.75. The second kappa shape index (κ2) is 8.35. The van der Waals surface area contributed by atoms with Crippen LogP contribution in [0.1, 0.15) is 33.1 Å². The number of para-hydroxylation sites is 1. The molecule has 0 aliphatic carbocycles. The zero-order chi connectivity index (χ0) is 22.3. The minimum Gasteiger partial charge on any atom is -0.507 e. The highest BCUT2D eigenvalue weighted by Gasteiger charge is 2.50. The summed E-state index contributed by atoms with van der Waals surface area (Å²) >= 11 is 0. The van der Waals surface area contributed by atoms with Crippen molar-refractivity contribution >= 4 is 11.8 Å². The van der Waals surface area contributed by atoms with Gasteiger partial charge in [-0.05, 0) is 50.7 Å². The number of phenolic OH excluding ortho intramolecular Hbond substituents is 1. The van der Waals surface area contributed by atoms with Crippen molar-refractivity contribution in [1.82, 2.24) is 14.7 Å². The van der Waals surface area contributed by atoms with E-state index >= 15 is 0 Å². The van der Waals surface area contributed by atoms with Crippen LogP contribution in [0.15, 0.2) is 42.5 Å². The highest BCUT2D eigenvalue weighted by molar-refractivity contribution is 5.97. The van der Waals surface area contributed by atoms with Gasteiger partial charge in [0.05, 0.1) is 18.2 Å². The predicted octanol–water partition coefficient (Wildman–Crippen LogP) is 2.84. The van der Waals surface area contributed by atoms with E-state index in [1.807, 2.05) is 40.9 Å². The molecular weight excluding hydrogens is 390 g/mol. The Morgan fingerprint density at radius 3 is 2.42 bits per heavy atom. The van der Waals surface area contributed by atoms with Gasteiger partial charge in [0.25, 0.3) is 5.91 Å². The Morgan fingerprint density at radius 2 is 1.71 bits per heavy atom. The predicted molar refractivity (Wildman–Crippen MR) is 120 cm³/mol. The van der Waals surface area contributed by atoms with E-state index < -0.39 is 0 Å². The summed E-state index contributed by atoms with van der Waals surface area (Å²) in [6.45, 7) is 6.10. The maximum absolute atomic E-state index is 13.2. The average molecular weight is 422 g/mol. The molecule has 1 N–H and O–H groups in total. The van der Waals surface area contributed by atoms with Crippen LogP contribution in [0.4, 0.5) is 0 Å². The third-order valence-electron chi connectivity index (χ3n) is 6.70. The van der Waals surface area contributed by atoms with Gasteiger partial charge in [0, 0.05) is 31.5 Å². The normalized spacial score (nSPS) is 22.8. The summed E-state index contributed by atoms with van der Waals surface area (Å²) in [5.74, 6) is 0.463. The van der Waals surface area contributed by atoms with E-state index in [1.54, 1.807) is 25.1 Å². The van der Waals surface area contributed by atoms with Crippen LogP contribution in [0, 0.1) is 25.7 Å². The first-order valence-corrected chi connectivity index (χ1v) is 10.9. The number of fused-ring (bicyclic) bond motifs is 1. The minimum atomic E-state index is -0.134. The van der Waals surface area contributed by atoms with Gasteiger partial charge in [0.15, 0.2) is 0 Å². The van der Waals surface area contributed by atoms with Crippen LogP contribution < -0.4 is 0 Å². The molecule has 0 aromatic heterocycles. The lowest BCUT2D eigenvalue weighted by molar-refractivity contribution is -0.133. The highest BCUT2D eigenvalue weighted by Crippen LogP contribution is 2.46. The average Bonchev–Trinajstić information content (AvgIpc) is 3.28. The van der Waals surface area contributed by atoms with Crippen molar-refractivity contribution in [3.05, 3.63) is 64.7 Å². The molecule has 2 amide bonds. The molecule has 2 heterocycles. The van der Waals surface area contributed by atoms with Crippen molar-refractivity contribution in [3.63, 3.8) is 0 Å². The molecule has 4 rings (SSSR count). The number of rotatable bonds is 4. The van der Waals surface area contributed by atoms with Crippen LogP contribution >= 0.6 is 0 Å². The molecule has 164 valence electrons. The summed E-state index contributed by atoms with van der Waals surface area (Å²) in [6.07, 6.45) is 0. The van der Waals surface area contributed by atoms with E-state index in [0.717, 1.165) is 11.1 Å². The quantitative estimate of drug-likeness (QED) is 0.825. The van der Waals surface area contributed by atoms with Gasteiger partial charge in [-0.15, -0.1) is 0 Å². The number of carbonyl (C=O) groups excluding carboxylic acids is 2. The molecule has 6 heteroatoms. The lowest BCUT2D eigenvalue weighted by Gasteiger charge is -2.31. The summed E-state index contributed by atoms with van der Waals surface area (Å²) in [5, 5.41) is 10.4. The van der Waals surface area contributed by atoms with Gasteiger partial charge in [0.1, 0.15) is 5.75 Å². The first-order chi connectivity index (χ1) is 14.8. The van der Waals surface area contributed by atoms with Crippen molar-refractivity contribution in [3.8, 4) is 5.75 Å². The van der Waals surface area contributed by atoms with Gasteiger partial charge >= 0.3 is 0 Å². The number of phenols is 1. The zero-order valence-corrected chi connectivity index (χ0v) is 18.7. The van der Waals surface area contributed by atoms with Crippen molar-refractivity contribution in [1.29, 1.82) is 0 Å². The van der Waals surface area contributed by atoms with E-state index in [9.17, 15) is 14.7 Å². The van der Waals surface area contributed by atoms with E-state index in [2.05, 4.69) is 19.1 Å². The molecule has 2 aromatic rings. The summed E-state index contributed by atoms with van der Waals surface area (Å²) in [4.78, 5) is 32.0. The molecule has 2 aromatic carbocycles. The van der Waals surface area contributed by atoms with Crippen LogP contribution in [0.2, 0.25) is 0 Å². The number of likely N-dealkylation sites (N-methyl/N-ethyl adjacent to an activating group) is 1. The number of hydrogen-bond acceptors (Lipinski definition) is 4. The first kappa shape index (κ1) is 21.4. The fourth-order valence-corrected chi connectivity index (χ4v) is 5.15. The second-order valence-electron chi connectivity index (χ2n) is 9.19. The lowest BCUT2D eigenvalue weighted by atomic mass is 9.87. The maximum atomic E-state index is 13.2. The fourth-order valence-electron chi connectivity index (χ4n) is 5.15. The summed E-state index contributed by atoms with van der Waals surface area (Å²) in [7, 11) is 3.82. The van der Waals surface area contributed by atoms with E-state index in [1.165, 1.54) is 0 Å². The lowest BCUT2D eigenvalue weighted by Crippen LogP contribution is -2.41. The smallest absolute Gasteiger partial charge is 0.257 e. The molecule has 31 heavy (non-hydrogen) atoms. The Hall–Kier alpha value is -2.86. The summed E-state index contributed by atoms with van der Waals surface area (Å²) in [5.41, 5.74) is 3.38. The maximum Gasteiger partial charge on any atom is 0.257 e. The molecule has 6 nitrogen and oxygen atoms in total. The van der Waals surface area contributed by atoms with Crippen molar-refractivity contribution < 1.29 is 14.7 Å². The molecule has 0 unspecified atom stereocenters.